The van der Waals surface area contributed by atoms with Gasteiger partial charge in [-0.15, -0.1) is 0 Å². The van der Waals surface area contributed by atoms with Crippen LogP contribution in [0, 0.1) is 5.92 Å². The van der Waals surface area contributed by atoms with Gasteiger partial charge in [0.2, 0.25) is 0 Å². The highest BCUT2D eigenvalue weighted by Crippen LogP contribution is 2.37. The van der Waals surface area contributed by atoms with Crippen molar-refractivity contribution in [2.24, 2.45) is 10.9 Å². The molecule has 0 bridgehead atoms. The van der Waals surface area contributed by atoms with Gasteiger partial charge in [-0.2, -0.15) is 0 Å². The van der Waals surface area contributed by atoms with E-state index >= 15 is 0 Å². The molecule has 2 aliphatic carbocycles. The van der Waals surface area contributed by atoms with Crippen molar-refractivity contribution < 1.29 is 9.90 Å². The van der Waals surface area contributed by atoms with Crippen molar-refractivity contribution in [3.63, 3.8) is 0 Å². The Hall–Kier alpha value is -0.960. The van der Waals surface area contributed by atoms with E-state index in [0.717, 1.165) is 24.1 Å². The molecule has 0 aromatic rings. The van der Waals surface area contributed by atoms with Crippen LogP contribution >= 0.6 is 0 Å². The summed E-state index contributed by atoms with van der Waals surface area (Å²) in [6, 6.07) is 0. The quantitative estimate of drug-likeness (QED) is 0.654. The van der Waals surface area contributed by atoms with Gasteiger partial charge in [0.1, 0.15) is 6.23 Å². The molecule has 0 heterocycles. The van der Waals surface area contributed by atoms with E-state index in [9.17, 15) is 4.79 Å². The first-order chi connectivity index (χ1) is 6.16. The average Bonchev–Trinajstić information content (AvgIpc) is 2.05. The highest BCUT2D eigenvalue weighted by molar-refractivity contribution is 6.10. The van der Waals surface area contributed by atoms with Crippen LogP contribution in [0.2, 0.25) is 0 Å². The maximum absolute atomic E-state index is 11.1. The molecule has 0 aromatic heterocycles. The van der Waals surface area contributed by atoms with E-state index in [2.05, 4.69) is 4.99 Å². The molecule has 70 valence electrons. The number of aliphatic hydroxyl groups is 1. The Labute approximate surface area is 77.2 Å². The van der Waals surface area contributed by atoms with Crippen LogP contribution in [-0.4, -0.2) is 22.8 Å². The van der Waals surface area contributed by atoms with Crippen molar-refractivity contribution in [3.8, 4) is 0 Å². The third-order valence-electron chi connectivity index (χ3n) is 2.62. The van der Waals surface area contributed by atoms with Crippen LogP contribution in [0.5, 0.6) is 0 Å². The number of hydrogen-bond donors (Lipinski definition) is 1. The second-order valence-corrected chi connectivity index (χ2v) is 3.71. The molecule has 0 spiro atoms. The Kier molecular flexibility index (Phi) is 2.04. The lowest BCUT2D eigenvalue weighted by Crippen LogP contribution is -2.32. The Morgan fingerprint density at radius 3 is 3.08 bits per heavy atom. The Morgan fingerprint density at radius 2 is 2.46 bits per heavy atom. The minimum Gasteiger partial charge on any atom is -0.372 e. The number of rotatable bonds is 1. The number of aliphatic imine (C=N–C) groups is 1. The molecule has 13 heavy (non-hydrogen) atoms. The summed E-state index contributed by atoms with van der Waals surface area (Å²) < 4.78 is 0. The molecular formula is C10H13NO2. The third kappa shape index (κ3) is 1.56. The molecule has 2 atom stereocenters. The number of aliphatic hydroxyl groups excluding tert-OH is 1. The second kappa shape index (κ2) is 3.07. The predicted molar refractivity (Wildman–Crippen MR) is 49.5 cm³/mol. The highest BCUT2D eigenvalue weighted by atomic mass is 16.3. The van der Waals surface area contributed by atoms with Crippen LogP contribution in [0.15, 0.2) is 16.6 Å². The zero-order valence-electron chi connectivity index (χ0n) is 7.66. The summed E-state index contributed by atoms with van der Waals surface area (Å²) in [7, 11) is 0. The summed E-state index contributed by atoms with van der Waals surface area (Å²) in [6.45, 7) is 1.63. The smallest absolute Gasteiger partial charge is 0.159 e. The fourth-order valence-electron chi connectivity index (χ4n) is 1.92. The van der Waals surface area contributed by atoms with Crippen molar-refractivity contribution in [1.29, 1.82) is 0 Å². The summed E-state index contributed by atoms with van der Waals surface area (Å²) in [5.41, 5.74) is 1.79. The predicted octanol–water partition coefficient (Wildman–Crippen LogP) is 1.07. The zero-order valence-corrected chi connectivity index (χ0v) is 7.66. The van der Waals surface area contributed by atoms with E-state index in [-0.39, 0.29) is 5.78 Å². The van der Waals surface area contributed by atoms with E-state index in [1.54, 1.807) is 6.92 Å². The minimum absolute atomic E-state index is 0.253. The van der Waals surface area contributed by atoms with Gasteiger partial charge in [0.15, 0.2) is 5.78 Å². The van der Waals surface area contributed by atoms with Gasteiger partial charge in [-0.1, -0.05) is 0 Å². The molecular weight excluding hydrogens is 166 g/mol. The van der Waals surface area contributed by atoms with Crippen molar-refractivity contribution in [1.82, 2.24) is 0 Å². The molecule has 2 unspecified atom stereocenters. The van der Waals surface area contributed by atoms with Gasteiger partial charge in [-0.25, -0.2) is 0 Å². The van der Waals surface area contributed by atoms with Gasteiger partial charge in [0.25, 0.3) is 0 Å². The minimum atomic E-state index is -0.654. The van der Waals surface area contributed by atoms with Crippen molar-refractivity contribution in [2.45, 2.75) is 32.4 Å². The molecule has 0 aliphatic heterocycles. The van der Waals surface area contributed by atoms with Crippen LogP contribution < -0.4 is 0 Å². The van der Waals surface area contributed by atoms with Gasteiger partial charge in [0, 0.05) is 17.7 Å². The van der Waals surface area contributed by atoms with Gasteiger partial charge >= 0.3 is 0 Å². The number of ketones is 1. The maximum atomic E-state index is 11.1. The number of nitrogens with zero attached hydrogens (tertiary/aromatic N) is 1. The molecule has 1 N–H and O–H groups in total. The number of fused-ring (bicyclic) bond motifs is 1. The summed E-state index contributed by atoms with van der Waals surface area (Å²) in [5, 5.41) is 9.04. The van der Waals surface area contributed by atoms with Crippen LogP contribution in [-0.2, 0) is 4.79 Å². The van der Waals surface area contributed by atoms with E-state index in [1.165, 1.54) is 0 Å². The highest BCUT2D eigenvalue weighted by Gasteiger charge is 2.35. The number of carbonyl (C=O) groups excluding carboxylic acids is 1. The molecule has 0 aromatic carbocycles. The van der Waals surface area contributed by atoms with E-state index in [1.807, 2.05) is 6.08 Å². The first-order valence-corrected chi connectivity index (χ1v) is 4.66. The Balaban J connectivity index is 2.18. The van der Waals surface area contributed by atoms with Crippen LogP contribution in [0.25, 0.3) is 0 Å². The number of allylic oxidation sites excluding steroid dienone is 2. The van der Waals surface area contributed by atoms with Crippen molar-refractivity contribution in [3.05, 3.63) is 11.6 Å². The maximum Gasteiger partial charge on any atom is 0.159 e. The normalized spacial score (nSPS) is 32.2. The summed E-state index contributed by atoms with van der Waals surface area (Å²) in [5.74, 6) is 0.739. The van der Waals surface area contributed by atoms with Crippen LogP contribution in [0.4, 0.5) is 0 Å². The molecule has 0 amide bonds. The topological polar surface area (TPSA) is 49.7 Å². The number of carbonyl (C=O) groups is 1. The van der Waals surface area contributed by atoms with Gasteiger partial charge in [-0.3, -0.25) is 9.79 Å². The molecule has 3 nitrogen and oxygen atoms in total. The molecule has 2 rings (SSSR count). The van der Waals surface area contributed by atoms with Gasteiger partial charge in [-0.05, 0) is 31.8 Å². The lowest BCUT2D eigenvalue weighted by molar-refractivity contribution is -0.120. The molecule has 0 radical (unpaired) electrons. The first kappa shape index (κ1) is 8.63. The van der Waals surface area contributed by atoms with E-state index < -0.39 is 6.23 Å². The standard InChI is InChI=1S/C10H13NO2/c1-6(12)11-8-3-2-7-4-10(13)9(7)5-8/h5-7,12H,2-4H2,1H3. The molecule has 1 fully saturated rings. The fourth-order valence-corrected chi connectivity index (χ4v) is 1.92. The zero-order chi connectivity index (χ0) is 9.42. The third-order valence-corrected chi connectivity index (χ3v) is 2.62. The lowest BCUT2D eigenvalue weighted by Gasteiger charge is -2.31. The fraction of sp³-hybridized carbons (Fsp3) is 0.600. The van der Waals surface area contributed by atoms with E-state index in [4.69, 9.17) is 5.11 Å². The first-order valence-electron chi connectivity index (χ1n) is 4.66. The largest absolute Gasteiger partial charge is 0.372 e. The average molecular weight is 179 g/mol. The SMILES string of the molecule is CC(O)N=C1C=C2C(=O)CC2CC1. The summed E-state index contributed by atoms with van der Waals surface area (Å²) >= 11 is 0. The Morgan fingerprint density at radius 1 is 1.69 bits per heavy atom. The van der Waals surface area contributed by atoms with Gasteiger partial charge in [0.05, 0.1) is 0 Å². The summed E-state index contributed by atoms with van der Waals surface area (Å²) in [6.07, 6.45) is 3.83. The van der Waals surface area contributed by atoms with Crippen molar-refractivity contribution in [2.75, 3.05) is 0 Å². The van der Waals surface area contributed by atoms with E-state index in [0.29, 0.717) is 12.3 Å². The van der Waals surface area contributed by atoms with Crippen LogP contribution in [0.1, 0.15) is 26.2 Å². The molecule has 3 heteroatoms. The van der Waals surface area contributed by atoms with Crippen LogP contribution in [0.3, 0.4) is 0 Å². The summed E-state index contributed by atoms with van der Waals surface area (Å²) in [4.78, 5) is 15.1. The molecule has 0 saturated heterocycles. The van der Waals surface area contributed by atoms with Gasteiger partial charge < -0.3 is 5.11 Å². The number of hydrogen-bond acceptors (Lipinski definition) is 3. The monoisotopic (exact) mass is 179 g/mol. The number of Topliss-reactive ketones (excluding diaryl/α,β-unsaturated/α-hetero) is 1. The lowest BCUT2D eigenvalue weighted by atomic mass is 9.71. The molecule has 2 aliphatic rings. The second-order valence-electron chi connectivity index (χ2n) is 3.71. The van der Waals surface area contributed by atoms with Crippen molar-refractivity contribution >= 4 is 11.5 Å². The molecule has 1 saturated carbocycles. The Bertz CT molecular complexity index is 302.